The molecule has 1 saturated carbocycles. The van der Waals surface area contributed by atoms with Crippen LogP contribution in [0.5, 0.6) is 0 Å². The maximum atomic E-state index is 12.0. The average molecular weight is 386 g/mol. The van der Waals surface area contributed by atoms with Gasteiger partial charge in [0.05, 0.1) is 39.1 Å². The van der Waals surface area contributed by atoms with E-state index < -0.39 is 0 Å². The van der Waals surface area contributed by atoms with Crippen LogP contribution in [0, 0.1) is 11.8 Å². The first-order valence-corrected chi connectivity index (χ1v) is 10.5. The Morgan fingerprint density at radius 3 is 2.07 bits per heavy atom. The van der Waals surface area contributed by atoms with Gasteiger partial charge in [-0.1, -0.05) is 13.8 Å². The summed E-state index contributed by atoms with van der Waals surface area (Å²) < 4.78 is 16.2. The van der Waals surface area contributed by atoms with Gasteiger partial charge >= 0.3 is 0 Å². The number of rotatable bonds is 14. The molecular formula is C21H39NO5. The van der Waals surface area contributed by atoms with Crippen LogP contribution in [0.4, 0.5) is 0 Å². The third-order valence-electron chi connectivity index (χ3n) is 4.87. The summed E-state index contributed by atoms with van der Waals surface area (Å²) in [5, 5.41) is 3.09. The summed E-state index contributed by atoms with van der Waals surface area (Å²) in [4.78, 5) is 23.8. The first-order chi connectivity index (χ1) is 12.9. The number of hydrogen-bond donors (Lipinski definition) is 1. The highest BCUT2D eigenvalue weighted by molar-refractivity contribution is 5.80. The van der Waals surface area contributed by atoms with Gasteiger partial charge in [-0.25, -0.2) is 0 Å². The molecular weight excluding hydrogens is 346 g/mol. The van der Waals surface area contributed by atoms with E-state index in [0.717, 1.165) is 25.7 Å². The minimum atomic E-state index is 0.0444. The van der Waals surface area contributed by atoms with Crippen LogP contribution in [-0.2, 0) is 23.8 Å². The van der Waals surface area contributed by atoms with Crippen molar-refractivity contribution < 1.29 is 23.8 Å². The third kappa shape index (κ3) is 12.2. The molecule has 0 aromatic carbocycles. The summed E-state index contributed by atoms with van der Waals surface area (Å²) in [5.74, 6) is 1.02. The fourth-order valence-electron chi connectivity index (χ4n) is 3.16. The van der Waals surface area contributed by atoms with Crippen molar-refractivity contribution in [2.45, 2.75) is 78.4 Å². The predicted octanol–water partition coefficient (Wildman–Crippen LogP) is 3.12. The molecule has 0 aliphatic heterocycles. The third-order valence-corrected chi connectivity index (χ3v) is 4.87. The topological polar surface area (TPSA) is 73.9 Å². The summed E-state index contributed by atoms with van der Waals surface area (Å²) in [6, 6.07) is 0.243. The van der Waals surface area contributed by atoms with Gasteiger partial charge in [0.1, 0.15) is 5.78 Å². The van der Waals surface area contributed by atoms with Gasteiger partial charge in [-0.15, -0.1) is 0 Å². The standard InChI is InChI=1S/C21H39NO5/c1-16(2)20(23)15-18-5-7-19(8-6-18)22-21(24)9-10-25-11-12-26-13-14-27-17(3)4/h16-19H,5-15H2,1-4H3,(H,22,24). The zero-order valence-electron chi connectivity index (χ0n) is 17.6. The molecule has 0 spiro atoms. The van der Waals surface area contributed by atoms with Gasteiger partial charge in [0, 0.05) is 24.8 Å². The molecule has 6 heteroatoms. The van der Waals surface area contributed by atoms with Gasteiger partial charge in [-0.2, -0.15) is 0 Å². The predicted molar refractivity (Wildman–Crippen MR) is 106 cm³/mol. The number of hydrogen-bond acceptors (Lipinski definition) is 5. The van der Waals surface area contributed by atoms with E-state index in [1.165, 1.54) is 0 Å². The Morgan fingerprint density at radius 1 is 0.889 bits per heavy atom. The van der Waals surface area contributed by atoms with E-state index in [1.807, 2.05) is 27.7 Å². The molecule has 1 amide bonds. The Bertz CT molecular complexity index is 417. The minimum Gasteiger partial charge on any atom is -0.379 e. The molecule has 0 radical (unpaired) electrons. The molecule has 1 aliphatic carbocycles. The normalized spacial score (nSPS) is 20.2. The molecule has 0 unspecified atom stereocenters. The fraction of sp³-hybridized carbons (Fsp3) is 0.905. The van der Waals surface area contributed by atoms with E-state index >= 15 is 0 Å². The minimum absolute atomic E-state index is 0.0444. The number of ketones is 1. The lowest BCUT2D eigenvalue weighted by Crippen LogP contribution is -2.38. The van der Waals surface area contributed by atoms with Crippen LogP contribution in [0.2, 0.25) is 0 Å². The summed E-state index contributed by atoms with van der Waals surface area (Å²) in [6.07, 6.45) is 5.28. The van der Waals surface area contributed by atoms with Crippen molar-refractivity contribution in [1.29, 1.82) is 0 Å². The molecule has 1 N–H and O–H groups in total. The maximum absolute atomic E-state index is 12.0. The largest absolute Gasteiger partial charge is 0.379 e. The highest BCUT2D eigenvalue weighted by Gasteiger charge is 2.24. The quantitative estimate of drug-likeness (QED) is 0.465. The second kappa shape index (κ2) is 14.1. The molecule has 0 saturated heterocycles. The highest BCUT2D eigenvalue weighted by Crippen LogP contribution is 2.28. The van der Waals surface area contributed by atoms with Gasteiger partial charge in [0.25, 0.3) is 0 Å². The summed E-state index contributed by atoms with van der Waals surface area (Å²) in [5.41, 5.74) is 0. The Hall–Kier alpha value is -0.980. The zero-order valence-corrected chi connectivity index (χ0v) is 17.6. The SMILES string of the molecule is CC(C)OCCOCCOCCC(=O)NC1CCC(CC(=O)C(C)C)CC1. The van der Waals surface area contributed by atoms with Crippen molar-refractivity contribution in [1.82, 2.24) is 5.32 Å². The lowest BCUT2D eigenvalue weighted by molar-refractivity contribution is -0.124. The number of nitrogens with one attached hydrogen (secondary N) is 1. The number of ether oxygens (including phenoxy) is 3. The van der Waals surface area contributed by atoms with E-state index in [-0.39, 0.29) is 24.0 Å². The molecule has 0 bridgehead atoms. The molecule has 0 atom stereocenters. The average Bonchev–Trinajstić information content (AvgIpc) is 2.61. The van der Waals surface area contributed by atoms with E-state index in [9.17, 15) is 9.59 Å². The van der Waals surface area contributed by atoms with Crippen molar-refractivity contribution in [3.05, 3.63) is 0 Å². The van der Waals surface area contributed by atoms with Crippen LogP contribution in [0.25, 0.3) is 0 Å². The lowest BCUT2D eigenvalue weighted by atomic mass is 9.82. The van der Waals surface area contributed by atoms with Crippen LogP contribution < -0.4 is 5.32 Å². The Balaban J connectivity index is 1.98. The molecule has 0 aromatic heterocycles. The van der Waals surface area contributed by atoms with Crippen LogP contribution in [0.3, 0.4) is 0 Å². The Labute approximate surface area is 164 Å². The van der Waals surface area contributed by atoms with Crippen molar-refractivity contribution in [3.8, 4) is 0 Å². The zero-order chi connectivity index (χ0) is 20.1. The first kappa shape index (κ1) is 24.1. The van der Waals surface area contributed by atoms with Crippen LogP contribution in [-0.4, -0.2) is 56.9 Å². The molecule has 1 rings (SSSR count). The molecule has 1 fully saturated rings. The molecule has 0 heterocycles. The summed E-state index contributed by atoms with van der Waals surface area (Å²) in [7, 11) is 0. The summed E-state index contributed by atoms with van der Waals surface area (Å²) >= 11 is 0. The second-order valence-corrected chi connectivity index (χ2v) is 8.00. The van der Waals surface area contributed by atoms with E-state index in [0.29, 0.717) is 57.6 Å². The van der Waals surface area contributed by atoms with Gasteiger partial charge in [-0.3, -0.25) is 9.59 Å². The lowest BCUT2D eigenvalue weighted by Gasteiger charge is -2.29. The van der Waals surface area contributed by atoms with Crippen LogP contribution >= 0.6 is 0 Å². The number of Topliss-reactive ketones (excluding diaryl/α,β-unsaturated/α-hetero) is 1. The van der Waals surface area contributed by atoms with E-state index in [2.05, 4.69) is 5.32 Å². The van der Waals surface area contributed by atoms with Crippen LogP contribution in [0.15, 0.2) is 0 Å². The Kier molecular flexibility index (Phi) is 12.5. The van der Waals surface area contributed by atoms with E-state index in [4.69, 9.17) is 14.2 Å². The summed E-state index contributed by atoms with van der Waals surface area (Å²) in [6.45, 7) is 10.5. The number of carbonyl (C=O) groups is 2. The smallest absolute Gasteiger partial charge is 0.222 e. The number of amides is 1. The van der Waals surface area contributed by atoms with Gasteiger partial charge in [0.2, 0.25) is 5.91 Å². The molecule has 27 heavy (non-hydrogen) atoms. The highest BCUT2D eigenvalue weighted by atomic mass is 16.5. The molecule has 158 valence electrons. The molecule has 6 nitrogen and oxygen atoms in total. The maximum Gasteiger partial charge on any atom is 0.222 e. The van der Waals surface area contributed by atoms with Crippen molar-refractivity contribution >= 4 is 11.7 Å². The monoisotopic (exact) mass is 385 g/mol. The first-order valence-electron chi connectivity index (χ1n) is 10.5. The second-order valence-electron chi connectivity index (χ2n) is 8.00. The van der Waals surface area contributed by atoms with Crippen LogP contribution in [0.1, 0.15) is 66.2 Å². The molecule has 1 aliphatic rings. The van der Waals surface area contributed by atoms with Gasteiger partial charge < -0.3 is 19.5 Å². The van der Waals surface area contributed by atoms with Crippen molar-refractivity contribution in [2.75, 3.05) is 33.0 Å². The Morgan fingerprint density at radius 2 is 1.48 bits per heavy atom. The van der Waals surface area contributed by atoms with Gasteiger partial charge in [0.15, 0.2) is 0 Å². The van der Waals surface area contributed by atoms with Crippen molar-refractivity contribution in [3.63, 3.8) is 0 Å². The fourth-order valence-corrected chi connectivity index (χ4v) is 3.16. The number of carbonyl (C=O) groups excluding carboxylic acids is 2. The van der Waals surface area contributed by atoms with Gasteiger partial charge in [-0.05, 0) is 45.4 Å². The molecule has 0 aromatic rings. The van der Waals surface area contributed by atoms with Crippen molar-refractivity contribution in [2.24, 2.45) is 11.8 Å². The van der Waals surface area contributed by atoms with E-state index in [1.54, 1.807) is 0 Å².